The van der Waals surface area contributed by atoms with Crippen molar-refractivity contribution >= 4 is 23.2 Å². The van der Waals surface area contributed by atoms with Gasteiger partial charge in [0.25, 0.3) is 5.91 Å². The number of aromatic nitrogens is 1. The quantitative estimate of drug-likeness (QED) is 0.919. The van der Waals surface area contributed by atoms with Crippen molar-refractivity contribution in [3.8, 4) is 10.8 Å². The molecule has 0 saturated carbocycles. The summed E-state index contributed by atoms with van der Waals surface area (Å²) in [6.45, 7) is 0.630. The molecule has 1 N–H and O–H groups in total. The number of thiazole rings is 1. The molecule has 0 unspecified atom stereocenters. The number of morpholine rings is 1. The third-order valence-electron chi connectivity index (χ3n) is 3.08. The predicted molar refractivity (Wildman–Crippen MR) is 73.1 cm³/mol. The van der Waals surface area contributed by atoms with Gasteiger partial charge in [-0.1, -0.05) is 0 Å². The van der Waals surface area contributed by atoms with Crippen molar-refractivity contribution in [3.05, 3.63) is 29.5 Å². The van der Waals surface area contributed by atoms with Crippen molar-refractivity contribution in [2.45, 2.75) is 6.10 Å². The first kappa shape index (κ1) is 13.8. The molecule has 0 aromatic carbocycles. The summed E-state index contributed by atoms with van der Waals surface area (Å²) in [6, 6.07) is 3.51. The summed E-state index contributed by atoms with van der Waals surface area (Å²) in [5.74, 6) is -0.697. The molecule has 2 aromatic rings. The van der Waals surface area contributed by atoms with Crippen LogP contribution in [0.4, 0.5) is 0 Å². The van der Waals surface area contributed by atoms with Crippen molar-refractivity contribution in [3.63, 3.8) is 0 Å². The molecule has 1 fully saturated rings. The van der Waals surface area contributed by atoms with Crippen LogP contribution in [0, 0.1) is 0 Å². The van der Waals surface area contributed by atoms with E-state index in [9.17, 15) is 9.59 Å². The molecule has 1 aliphatic heterocycles. The normalized spacial score (nSPS) is 18.7. The van der Waals surface area contributed by atoms with E-state index in [2.05, 4.69) is 4.98 Å². The fourth-order valence-corrected chi connectivity index (χ4v) is 2.88. The molecule has 21 heavy (non-hydrogen) atoms. The van der Waals surface area contributed by atoms with E-state index in [0.717, 1.165) is 0 Å². The van der Waals surface area contributed by atoms with E-state index in [4.69, 9.17) is 14.3 Å². The lowest BCUT2D eigenvalue weighted by molar-refractivity contribution is -0.154. The Balaban J connectivity index is 1.74. The van der Waals surface area contributed by atoms with Crippen LogP contribution in [-0.4, -0.2) is 52.7 Å². The number of amides is 1. The molecule has 2 aromatic heterocycles. The summed E-state index contributed by atoms with van der Waals surface area (Å²) < 4.78 is 10.3. The van der Waals surface area contributed by atoms with Crippen LogP contribution < -0.4 is 0 Å². The third kappa shape index (κ3) is 2.81. The van der Waals surface area contributed by atoms with E-state index in [1.807, 2.05) is 0 Å². The molecule has 0 spiro atoms. The number of ether oxygens (including phenoxy) is 1. The first-order valence-electron chi connectivity index (χ1n) is 6.28. The SMILES string of the molecule is O=C(O)[C@H]1CN(C(=O)c2cnc(-c3ccco3)s2)CCO1. The van der Waals surface area contributed by atoms with E-state index in [-0.39, 0.29) is 19.1 Å². The zero-order chi connectivity index (χ0) is 14.8. The Bertz CT molecular complexity index is 651. The summed E-state index contributed by atoms with van der Waals surface area (Å²) in [5, 5.41) is 9.57. The number of hydrogen-bond donors (Lipinski definition) is 1. The van der Waals surface area contributed by atoms with Gasteiger partial charge in [-0.15, -0.1) is 11.3 Å². The average Bonchev–Trinajstić information content (AvgIpc) is 3.17. The van der Waals surface area contributed by atoms with Gasteiger partial charge in [-0.25, -0.2) is 9.78 Å². The van der Waals surface area contributed by atoms with Crippen LogP contribution in [0.5, 0.6) is 0 Å². The van der Waals surface area contributed by atoms with Gasteiger partial charge in [-0.3, -0.25) is 4.79 Å². The molecular formula is C13H12N2O5S. The van der Waals surface area contributed by atoms with E-state index in [0.29, 0.717) is 22.2 Å². The van der Waals surface area contributed by atoms with Crippen molar-refractivity contribution in [1.82, 2.24) is 9.88 Å². The maximum Gasteiger partial charge on any atom is 0.334 e. The summed E-state index contributed by atoms with van der Waals surface area (Å²) in [6.07, 6.45) is 2.05. The Morgan fingerprint density at radius 1 is 1.48 bits per heavy atom. The van der Waals surface area contributed by atoms with Crippen LogP contribution in [0.25, 0.3) is 10.8 Å². The van der Waals surface area contributed by atoms with E-state index < -0.39 is 12.1 Å². The highest BCUT2D eigenvalue weighted by Gasteiger charge is 2.30. The second-order valence-corrected chi connectivity index (χ2v) is 5.49. The molecular weight excluding hydrogens is 296 g/mol. The number of carbonyl (C=O) groups excluding carboxylic acids is 1. The van der Waals surface area contributed by atoms with Crippen molar-refractivity contribution < 1.29 is 23.8 Å². The second kappa shape index (κ2) is 5.66. The van der Waals surface area contributed by atoms with E-state index in [1.54, 1.807) is 12.1 Å². The molecule has 8 heteroatoms. The molecule has 3 heterocycles. The number of rotatable bonds is 3. The Labute approximate surface area is 123 Å². The number of aliphatic carboxylic acids is 1. The molecule has 1 atom stereocenters. The zero-order valence-corrected chi connectivity index (χ0v) is 11.7. The van der Waals surface area contributed by atoms with Crippen molar-refractivity contribution in [2.24, 2.45) is 0 Å². The predicted octanol–water partition coefficient (Wildman–Crippen LogP) is 1.33. The van der Waals surface area contributed by atoms with Gasteiger partial charge in [0.2, 0.25) is 0 Å². The molecule has 3 rings (SSSR count). The smallest absolute Gasteiger partial charge is 0.334 e. The summed E-state index contributed by atoms with van der Waals surface area (Å²) in [5.41, 5.74) is 0. The Morgan fingerprint density at radius 2 is 2.33 bits per heavy atom. The van der Waals surface area contributed by atoms with Crippen molar-refractivity contribution in [2.75, 3.05) is 19.7 Å². The van der Waals surface area contributed by atoms with Gasteiger partial charge in [0, 0.05) is 6.54 Å². The lowest BCUT2D eigenvalue weighted by atomic mass is 10.2. The minimum atomic E-state index is -1.06. The largest absolute Gasteiger partial charge is 0.479 e. The minimum Gasteiger partial charge on any atom is -0.479 e. The molecule has 7 nitrogen and oxygen atoms in total. The van der Waals surface area contributed by atoms with Crippen molar-refractivity contribution in [1.29, 1.82) is 0 Å². The summed E-state index contributed by atoms with van der Waals surface area (Å²) in [7, 11) is 0. The van der Waals surface area contributed by atoms with Crippen LogP contribution >= 0.6 is 11.3 Å². The maximum absolute atomic E-state index is 12.4. The number of nitrogens with zero attached hydrogens (tertiary/aromatic N) is 2. The lowest BCUT2D eigenvalue weighted by Crippen LogP contribution is -2.48. The monoisotopic (exact) mass is 308 g/mol. The molecule has 0 aliphatic carbocycles. The summed E-state index contributed by atoms with van der Waals surface area (Å²) >= 11 is 1.22. The van der Waals surface area contributed by atoms with Crippen LogP contribution in [0.2, 0.25) is 0 Å². The molecule has 1 saturated heterocycles. The highest BCUT2D eigenvalue weighted by molar-refractivity contribution is 7.16. The number of carbonyl (C=O) groups is 2. The standard InChI is InChI=1S/C13H12N2O5S/c16-12(15-3-5-20-9(7-15)13(17)18)10-6-14-11(21-10)8-2-1-4-19-8/h1-2,4,6,9H,3,5,7H2,(H,17,18)/t9-/m1/s1. The first-order chi connectivity index (χ1) is 10.1. The second-order valence-electron chi connectivity index (χ2n) is 4.46. The van der Waals surface area contributed by atoms with Gasteiger partial charge < -0.3 is 19.2 Å². The fraction of sp³-hybridized carbons (Fsp3) is 0.308. The molecule has 1 aliphatic rings. The van der Waals surface area contributed by atoms with Gasteiger partial charge in [0.15, 0.2) is 16.9 Å². The van der Waals surface area contributed by atoms with Gasteiger partial charge in [-0.2, -0.15) is 0 Å². The van der Waals surface area contributed by atoms with Crippen LogP contribution in [0.1, 0.15) is 9.67 Å². The number of hydrogen-bond acceptors (Lipinski definition) is 6. The van der Waals surface area contributed by atoms with E-state index in [1.165, 1.54) is 28.7 Å². The third-order valence-corrected chi connectivity index (χ3v) is 4.08. The van der Waals surface area contributed by atoms with Gasteiger partial charge in [-0.05, 0) is 12.1 Å². The highest BCUT2D eigenvalue weighted by Crippen LogP contribution is 2.26. The summed E-state index contributed by atoms with van der Waals surface area (Å²) in [4.78, 5) is 29.4. The Hall–Kier alpha value is -2.19. The lowest BCUT2D eigenvalue weighted by Gasteiger charge is -2.30. The minimum absolute atomic E-state index is 0.0438. The van der Waals surface area contributed by atoms with E-state index >= 15 is 0 Å². The molecule has 1 amide bonds. The Morgan fingerprint density at radius 3 is 3.05 bits per heavy atom. The number of carboxylic acids is 1. The zero-order valence-electron chi connectivity index (χ0n) is 10.9. The Kier molecular flexibility index (Phi) is 3.72. The first-order valence-corrected chi connectivity index (χ1v) is 7.10. The van der Waals surface area contributed by atoms with Crippen LogP contribution in [0.3, 0.4) is 0 Å². The highest BCUT2D eigenvalue weighted by atomic mass is 32.1. The fourth-order valence-electron chi connectivity index (χ4n) is 2.03. The van der Waals surface area contributed by atoms with Gasteiger partial charge in [0.1, 0.15) is 4.88 Å². The molecule has 0 bridgehead atoms. The van der Waals surface area contributed by atoms with Crippen LogP contribution in [-0.2, 0) is 9.53 Å². The number of furan rings is 1. The number of carboxylic acid groups (broad SMARTS) is 1. The van der Waals surface area contributed by atoms with Crippen LogP contribution in [0.15, 0.2) is 29.0 Å². The van der Waals surface area contributed by atoms with Gasteiger partial charge >= 0.3 is 5.97 Å². The topological polar surface area (TPSA) is 92.9 Å². The average molecular weight is 308 g/mol. The molecule has 0 radical (unpaired) electrons. The maximum atomic E-state index is 12.4. The molecule has 110 valence electrons. The van der Waals surface area contributed by atoms with Gasteiger partial charge in [0.05, 0.1) is 25.6 Å².